The molecular formula is C24H26N2O6. The molecule has 1 heterocycles. The monoisotopic (exact) mass is 438 g/mol. The first-order valence-electron chi connectivity index (χ1n) is 10.4. The summed E-state index contributed by atoms with van der Waals surface area (Å²) < 4.78 is 10.1. The standard InChI is InChI=1S/C24H26N2O6/c1-4-31-23(29)17-6-8-19(9-7-17)26-13-18(12-22(26)28)24(30)32-14-21(27)25-20-10-5-15(2)11-16(20)3/h5-11,18H,4,12-14H2,1-3H3,(H,25,27)/t18-/m0/s1. The van der Waals surface area contributed by atoms with E-state index < -0.39 is 30.4 Å². The van der Waals surface area contributed by atoms with Crippen molar-refractivity contribution in [2.75, 3.05) is 30.0 Å². The van der Waals surface area contributed by atoms with Gasteiger partial charge in [-0.15, -0.1) is 0 Å². The molecule has 3 rings (SSSR count). The van der Waals surface area contributed by atoms with Gasteiger partial charge in [0.15, 0.2) is 6.61 Å². The lowest BCUT2D eigenvalue weighted by Gasteiger charge is -2.17. The molecule has 1 saturated heterocycles. The first kappa shape index (κ1) is 23.0. The molecule has 1 atom stereocenters. The molecule has 2 amide bonds. The van der Waals surface area contributed by atoms with Crippen molar-refractivity contribution in [1.82, 2.24) is 0 Å². The first-order valence-corrected chi connectivity index (χ1v) is 10.4. The first-order chi connectivity index (χ1) is 15.3. The van der Waals surface area contributed by atoms with Crippen LogP contribution in [0.4, 0.5) is 11.4 Å². The van der Waals surface area contributed by atoms with Crippen molar-refractivity contribution in [3.05, 3.63) is 59.2 Å². The molecule has 32 heavy (non-hydrogen) atoms. The number of rotatable bonds is 7. The van der Waals surface area contributed by atoms with E-state index in [0.29, 0.717) is 16.9 Å². The molecule has 0 bridgehead atoms. The van der Waals surface area contributed by atoms with Gasteiger partial charge < -0.3 is 19.7 Å². The Balaban J connectivity index is 1.53. The number of carbonyl (C=O) groups is 4. The average Bonchev–Trinajstić information content (AvgIpc) is 3.16. The van der Waals surface area contributed by atoms with Crippen LogP contribution in [0.25, 0.3) is 0 Å². The highest BCUT2D eigenvalue weighted by atomic mass is 16.5. The van der Waals surface area contributed by atoms with Gasteiger partial charge in [-0.1, -0.05) is 17.7 Å². The van der Waals surface area contributed by atoms with Crippen molar-refractivity contribution < 1.29 is 28.7 Å². The Morgan fingerprint density at radius 2 is 1.78 bits per heavy atom. The summed E-state index contributed by atoms with van der Waals surface area (Å²) in [7, 11) is 0. The van der Waals surface area contributed by atoms with Crippen LogP contribution in [-0.2, 0) is 23.9 Å². The lowest BCUT2D eigenvalue weighted by Crippen LogP contribution is -2.28. The van der Waals surface area contributed by atoms with Crippen LogP contribution >= 0.6 is 0 Å². The molecule has 0 radical (unpaired) electrons. The Bertz CT molecular complexity index is 1030. The van der Waals surface area contributed by atoms with Crippen LogP contribution in [0.15, 0.2) is 42.5 Å². The van der Waals surface area contributed by atoms with Crippen molar-refractivity contribution in [3.63, 3.8) is 0 Å². The second-order valence-electron chi connectivity index (χ2n) is 7.65. The van der Waals surface area contributed by atoms with Crippen molar-refractivity contribution >= 4 is 35.1 Å². The fourth-order valence-electron chi connectivity index (χ4n) is 3.50. The maximum absolute atomic E-state index is 12.4. The number of anilines is 2. The Hall–Kier alpha value is -3.68. The van der Waals surface area contributed by atoms with Crippen LogP contribution in [0, 0.1) is 19.8 Å². The van der Waals surface area contributed by atoms with Crippen molar-refractivity contribution in [3.8, 4) is 0 Å². The maximum Gasteiger partial charge on any atom is 0.338 e. The fraction of sp³-hybridized carbons (Fsp3) is 0.333. The quantitative estimate of drug-likeness (QED) is 0.667. The van der Waals surface area contributed by atoms with Crippen molar-refractivity contribution in [1.29, 1.82) is 0 Å². The molecule has 8 nitrogen and oxygen atoms in total. The largest absolute Gasteiger partial charge is 0.462 e. The van der Waals surface area contributed by atoms with Gasteiger partial charge in [-0.3, -0.25) is 14.4 Å². The third kappa shape index (κ3) is 5.51. The van der Waals surface area contributed by atoms with Crippen LogP contribution in [0.1, 0.15) is 34.8 Å². The number of esters is 2. The molecule has 2 aromatic carbocycles. The predicted octanol–water partition coefficient (Wildman–Crippen LogP) is 3.01. The van der Waals surface area contributed by atoms with Gasteiger partial charge in [-0.25, -0.2) is 4.79 Å². The lowest BCUT2D eigenvalue weighted by molar-refractivity contribution is -0.151. The summed E-state index contributed by atoms with van der Waals surface area (Å²) in [5.74, 6) is -2.37. The van der Waals surface area contributed by atoms with Crippen LogP contribution < -0.4 is 10.2 Å². The summed E-state index contributed by atoms with van der Waals surface area (Å²) >= 11 is 0. The number of ether oxygens (including phenoxy) is 2. The fourth-order valence-corrected chi connectivity index (χ4v) is 3.50. The maximum atomic E-state index is 12.4. The summed E-state index contributed by atoms with van der Waals surface area (Å²) in [6.07, 6.45) is -0.00283. The summed E-state index contributed by atoms with van der Waals surface area (Å²) in [4.78, 5) is 50.2. The van der Waals surface area contributed by atoms with Gasteiger partial charge in [0.2, 0.25) is 5.91 Å². The van der Waals surface area contributed by atoms with E-state index in [1.807, 2.05) is 26.0 Å². The zero-order valence-corrected chi connectivity index (χ0v) is 18.3. The Kier molecular flexibility index (Phi) is 7.25. The molecule has 0 aromatic heterocycles. The molecule has 0 saturated carbocycles. The van der Waals surface area contributed by atoms with E-state index in [-0.39, 0.29) is 25.5 Å². The topological polar surface area (TPSA) is 102 Å². The van der Waals surface area contributed by atoms with Gasteiger partial charge in [0.25, 0.3) is 5.91 Å². The van der Waals surface area contributed by atoms with Gasteiger partial charge in [-0.05, 0) is 56.7 Å². The Morgan fingerprint density at radius 3 is 2.44 bits per heavy atom. The number of benzene rings is 2. The van der Waals surface area contributed by atoms with E-state index in [4.69, 9.17) is 9.47 Å². The molecular weight excluding hydrogens is 412 g/mol. The molecule has 0 unspecified atom stereocenters. The van der Waals surface area contributed by atoms with Gasteiger partial charge in [-0.2, -0.15) is 0 Å². The predicted molar refractivity (Wildman–Crippen MR) is 118 cm³/mol. The number of hydrogen-bond acceptors (Lipinski definition) is 6. The van der Waals surface area contributed by atoms with E-state index >= 15 is 0 Å². The summed E-state index contributed by atoms with van der Waals surface area (Å²) in [6, 6.07) is 12.0. The van der Waals surface area contributed by atoms with Crippen LogP contribution in [0.2, 0.25) is 0 Å². The van der Waals surface area contributed by atoms with Gasteiger partial charge >= 0.3 is 11.9 Å². The average molecular weight is 438 g/mol. The Labute approximate surface area is 186 Å². The smallest absolute Gasteiger partial charge is 0.338 e. The molecule has 168 valence electrons. The Morgan fingerprint density at radius 1 is 1.06 bits per heavy atom. The van der Waals surface area contributed by atoms with Gasteiger partial charge in [0.1, 0.15) is 0 Å². The molecule has 0 spiro atoms. The zero-order chi connectivity index (χ0) is 23.3. The van der Waals surface area contributed by atoms with E-state index in [0.717, 1.165) is 11.1 Å². The van der Waals surface area contributed by atoms with E-state index in [1.54, 1.807) is 37.3 Å². The van der Waals surface area contributed by atoms with Crippen molar-refractivity contribution in [2.24, 2.45) is 5.92 Å². The second-order valence-corrected chi connectivity index (χ2v) is 7.65. The molecule has 1 fully saturated rings. The summed E-state index contributed by atoms with van der Waals surface area (Å²) in [6.45, 7) is 5.56. The highest BCUT2D eigenvalue weighted by molar-refractivity contribution is 6.00. The molecule has 1 aliphatic heterocycles. The lowest BCUT2D eigenvalue weighted by atomic mass is 10.1. The third-order valence-corrected chi connectivity index (χ3v) is 5.15. The summed E-state index contributed by atoms with van der Waals surface area (Å²) in [5, 5.41) is 2.72. The van der Waals surface area contributed by atoms with Gasteiger partial charge in [0.05, 0.1) is 18.1 Å². The number of nitrogens with zero attached hydrogens (tertiary/aromatic N) is 1. The highest BCUT2D eigenvalue weighted by Gasteiger charge is 2.36. The van der Waals surface area contributed by atoms with E-state index in [9.17, 15) is 19.2 Å². The third-order valence-electron chi connectivity index (χ3n) is 5.15. The normalized spacial score (nSPS) is 15.4. The highest BCUT2D eigenvalue weighted by Crippen LogP contribution is 2.26. The van der Waals surface area contributed by atoms with Crippen LogP contribution in [0.5, 0.6) is 0 Å². The molecule has 8 heteroatoms. The number of amides is 2. The second kappa shape index (κ2) is 10.1. The summed E-state index contributed by atoms with van der Waals surface area (Å²) in [5.41, 5.74) is 3.61. The SMILES string of the molecule is CCOC(=O)c1ccc(N2C[C@@H](C(=O)OCC(=O)Nc3ccc(C)cc3C)CC2=O)cc1. The zero-order valence-electron chi connectivity index (χ0n) is 18.3. The molecule has 1 aliphatic rings. The number of hydrogen-bond donors (Lipinski definition) is 1. The molecule has 2 aromatic rings. The molecule has 0 aliphatic carbocycles. The molecule has 1 N–H and O–H groups in total. The van der Waals surface area contributed by atoms with Gasteiger partial charge in [0, 0.05) is 24.3 Å². The van der Waals surface area contributed by atoms with Crippen LogP contribution in [0.3, 0.4) is 0 Å². The van der Waals surface area contributed by atoms with Crippen LogP contribution in [-0.4, -0.2) is 43.5 Å². The number of carbonyl (C=O) groups excluding carboxylic acids is 4. The van der Waals surface area contributed by atoms with E-state index in [2.05, 4.69) is 5.32 Å². The minimum atomic E-state index is -0.666. The minimum absolute atomic E-state index is 0.00283. The number of aryl methyl sites for hydroxylation is 2. The van der Waals surface area contributed by atoms with Crippen molar-refractivity contribution in [2.45, 2.75) is 27.2 Å². The minimum Gasteiger partial charge on any atom is -0.462 e. The van der Waals surface area contributed by atoms with E-state index in [1.165, 1.54) is 4.90 Å². The number of nitrogens with one attached hydrogen (secondary N) is 1.